The lowest BCUT2D eigenvalue weighted by molar-refractivity contribution is -0.132. The highest BCUT2D eigenvalue weighted by Gasteiger charge is 2.21. The lowest BCUT2D eigenvalue weighted by Crippen LogP contribution is -2.49. The fourth-order valence-corrected chi connectivity index (χ4v) is 4.55. The molecule has 1 aliphatic heterocycles. The van der Waals surface area contributed by atoms with Crippen LogP contribution in [0.3, 0.4) is 0 Å². The lowest BCUT2D eigenvalue weighted by atomic mass is 10.1. The van der Waals surface area contributed by atoms with Gasteiger partial charge in [0.2, 0.25) is 5.91 Å². The van der Waals surface area contributed by atoms with Crippen LogP contribution in [0.25, 0.3) is 0 Å². The van der Waals surface area contributed by atoms with Crippen LogP contribution in [0.15, 0.2) is 30.3 Å². The molecule has 1 amide bonds. The Hall–Kier alpha value is -1.80. The molecule has 158 valence electrons. The van der Waals surface area contributed by atoms with E-state index in [0.717, 1.165) is 53.4 Å². The Bertz CT molecular complexity index is 821. The Balaban J connectivity index is 1.44. The van der Waals surface area contributed by atoms with Crippen molar-refractivity contribution in [3.8, 4) is 11.5 Å². The number of halogens is 1. The summed E-state index contributed by atoms with van der Waals surface area (Å²) in [6.45, 7) is 5.57. The van der Waals surface area contributed by atoms with Crippen LogP contribution in [-0.4, -0.2) is 74.6 Å². The number of hydrogen-bond donors (Lipinski definition) is 0. The lowest BCUT2D eigenvalue weighted by Gasteiger charge is -2.35. The van der Waals surface area contributed by atoms with Gasteiger partial charge < -0.3 is 14.4 Å². The number of likely N-dealkylation sites (N-methyl/N-ethyl adjacent to an activating group) is 1. The fourth-order valence-electron chi connectivity index (χ4n) is 3.41. The molecule has 3 rings (SSSR count). The smallest absolute Gasteiger partial charge is 0.236 e. The molecule has 0 saturated carbocycles. The average molecular weight is 438 g/mol. The molecule has 0 spiro atoms. The van der Waals surface area contributed by atoms with E-state index in [2.05, 4.69) is 15.9 Å². The van der Waals surface area contributed by atoms with Crippen molar-refractivity contribution in [3.05, 3.63) is 45.1 Å². The second kappa shape index (κ2) is 10.3. The molecule has 2 aromatic rings. The third kappa shape index (κ3) is 6.09. The molecule has 29 heavy (non-hydrogen) atoms. The van der Waals surface area contributed by atoms with Crippen LogP contribution in [0.5, 0.6) is 11.5 Å². The van der Waals surface area contributed by atoms with Crippen molar-refractivity contribution in [3.63, 3.8) is 0 Å². The van der Waals surface area contributed by atoms with E-state index >= 15 is 0 Å². The number of amides is 1. The van der Waals surface area contributed by atoms with E-state index in [4.69, 9.17) is 21.1 Å². The highest BCUT2D eigenvalue weighted by molar-refractivity contribution is 7.16. The number of benzene rings is 1. The van der Waals surface area contributed by atoms with Crippen LogP contribution < -0.4 is 9.47 Å². The van der Waals surface area contributed by atoms with Gasteiger partial charge in [0.25, 0.3) is 0 Å². The first-order valence-electron chi connectivity index (χ1n) is 9.62. The van der Waals surface area contributed by atoms with Crippen LogP contribution in [0.1, 0.15) is 10.4 Å². The monoisotopic (exact) mass is 437 g/mol. The first-order chi connectivity index (χ1) is 14.0. The van der Waals surface area contributed by atoms with E-state index in [0.29, 0.717) is 13.1 Å². The largest absolute Gasteiger partial charge is 0.493 e. The maximum Gasteiger partial charge on any atom is 0.236 e. The first kappa shape index (κ1) is 21.9. The molecular weight excluding hydrogens is 410 g/mol. The molecule has 2 heterocycles. The van der Waals surface area contributed by atoms with E-state index in [1.54, 1.807) is 19.1 Å². The van der Waals surface area contributed by atoms with Gasteiger partial charge >= 0.3 is 0 Å². The molecule has 0 radical (unpaired) electrons. The molecule has 1 fully saturated rings. The van der Waals surface area contributed by atoms with Crippen molar-refractivity contribution in [2.45, 2.75) is 13.1 Å². The Morgan fingerprint density at radius 1 is 1.07 bits per heavy atom. The van der Waals surface area contributed by atoms with Crippen molar-refractivity contribution in [1.29, 1.82) is 0 Å². The second-order valence-corrected chi connectivity index (χ2v) is 9.00. The number of hydrogen-bond acceptors (Lipinski definition) is 6. The number of rotatable bonds is 8. The van der Waals surface area contributed by atoms with Gasteiger partial charge in [-0.2, -0.15) is 0 Å². The molecule has 8 heteroatoms. The molecule has 1 aliphatic rings. The van der Waals surface area contributed by atoms with Gasteiger partial charge in [0.15, 0.2) is 11.5 Å². The van der Waals surface area contributed by atoms with Crippen LogP contribution >= 0.6 is 22.9 Å². The minimum absolute atomic E-state index is 0.142. The zero-order valence-corrected chi connectivity index (χ0v) is 18.8. The van der Waals surface area contributed by atoms with Gasteiger partial charge in [-0.05, 0) is 29.8 Å². The number of piperazine rings is 1. The summed E-state index contributed by atoms with van der Waals surface area (Å²) in [5, 5.41) is 0. The molecular formula is C21H28ClN3O3S. The number of carbonyl (C=O) groups excluding carboxylic acids is 1. The Kier molecular flexibility index (Phi) is 7.77. The summed E-state index contributed by atoms with van der Waals surface area (Å²) in [7, 11) is 5.15. The van der Waals surface area contributed by atoms with Crippen molar-refractivity contribution < 1.29 is 14.3 Å². The third-order valence-corrected chi connectivity index (χ3v) is 6.34. The Morgan fingerprint density at radius 3 is 2.38 bits per heavy atom. The fraction of sp³-hybridized carbons (Fsp3) is 0.476. The molecule has 1 aromatic heterocycles. The predicted molar refractivity (Wildman–Crippen MR) is 117 cm³/mol. The molecule has 0 atom stereocenters. The SMILES string of the molecule is COc1ccc(CN2CCN(CC(=O)N(C)Cc3ccc(Cl)s3)CC2)cc1OC. The number of carbonyl (C=O) groups is 1. The average Bonchev–Trinajstić information content (AvgIpc) is 3.13. The number of ether oxygens (including phenoxy) is 2. The quantitative estimate of drug-likeness (QED) is 0.634. The standard InChI is InChI=1S/C21H28ClN3O3S/c1-23(14-17-5-7-20(22)29-17)21(26)15-25-10-8-24(9-11-25)13-16-4-6-18(27-2)19(12-16)28-3/h4-7,12H,8-11,13-15H2,1-3H3. The maximum atomic E-state index is 12.5. The summed E-state index contributed by atoms with van der Waals surface area (Å²) in [4.78, 5) is 20.1. The van der Waals surface area contributed by atoms with Gasteiger partial charge in [-0.15, -0.1) is 11.3 Å². The van der Waals surface area contributed by atoms with Gasteiger partial charge in [-0.25, -0.2) is 0 Å². The number of methoxy groups -OCH3 is 2. The summed E-state index contributed by atoms with van der Waals surface area (Å²) in [6.07, 6.45) is 0. The Morgan fingerprint density at radius 2 is 1.76 bits per heavy atom. The van der Waals surface area contributed by atoms with Crippen molar-refractivity contribution in [1.82, 2.24) is 14.7 Å². The normalized spacial score (nSPS) is 15.3. The molecule has 1 saturated heterocycles. The highest BCUT2D eigenvalue weighted by atomic mass is 35.5. The Labute approximate surface area is 181 Å². The van der Waals surface area contributed by atoms with E-state index in [1.165, 1.54) is 16.9 Å². The zero-order valence-electron chi connectivity index (χ0n) is 17.2. The maximum absolute atomic E-state index is 12.5. The molecule has 0 bridgehead atoms. The summed E-state index contributed by atoms with van der Waals surface area (Å²) in [5.41, 5.74) is 1.20. The topological polar surface area (TPSA) is 45.2 Å². The summed E-state index contributed by atoms with van der Waals surface area (Å²) < 4.78 is 11.5. The molecule has 6 nitrogen and oxygen atoms in total. The van der Waals surface area contributed by atoms with Gasteiger partial charge in [-0.1, -0.05) is 17.7 Å². The molecule has 0 unspecified atom stereocenters. The summed E-state index contributed by atoms with van der Waals surface area (Å²) >= 11 is 7.49. The third-order valence-electron chi connectivity index (χ3n) is 5.13. The summed E-state index contributed by atoms with van der Waals surface area (Å²) in [5.74, 6) is 1.64. The van der Waals surface area contributed by atoms with Gasteiger partial charge in [0.05, 0.1) is 31.6 Å². The van der Waals surface area contributed by atoms with E-state index in [-0.39, 0.29) is 5.91 Å². The van der Waals surface area contributed by atoms with Crippen molar-refractivity contribution in [2.24, 2.45) is 0 Å². The van der Waals surface area contributed by atoms with E-state index in [9.17, 15) is 4.79 Å². The minimum Gasteiger partial charge on any atom is -0.493 e. The molecule has 0 N–H and O–H groups in total. The van der Waals surface area contributed by atoms with Gasteiger partial charge in [0, 0.05) is 44.6 Å². The summed E-state index contributed by atoms with van der Waals surface area (Å²) in [6, 6.07) is 9.89. The van der Waals surface area contributed by atoms with Crippen LogP contribution in [0.4, 0.5) is 0 Å². The van der Waals surface area contributed by atoms with Gasteiger partial charge in [0.1, 0.15) is 0 Å². The zero-order chi connectivity index (χ0) is 20.8. The van der Waals surface area contributed by atoms with E-state index < -0.39 is 0 Å². The second-order valence-electron chi connectivity index (χ2n) is 7.20. The first-order valence-corrected chi connectivity index (χ1v) is 10.8. The molecule has 0 aliphatic carbocycles. The van der Waals surface area contributed by atoms with Crippen molar-refractivity contribution in [2.75, 3.05) is 54.0 Å². The predicted octanol–water partition coefficient (Wildman–Crippen LogP) is 3.19. The van der Waals surface area contributed by atoms with Crippen molar-refractivity contribution >= 4 is 28.8 Å². The van der Waals surface area contributed by atoms with Crippen LogP contribution in [0.2, 0.25) is 4.34 Å². The molecule has 1 aromatic carbocycles. The minimum atomic E-state index is 0.142. The highest BCUT2D eigenvalue weighted by Crippen LogP contribution is 2.28. The van der Waals surface area contributed by atoms with Gasteiger partial charge in [-0.3, -0.25) is 14.6 Å². The van der Waals surface area contributed by atoms with Crippen LogP contribution in [0, 0.1) is 0 Å². The number of thiophene rings is 1. The van der Waals surface area contributed by atoms with Crippen LogP contribution in [-0.2, 0) is 17.9 Å². The van der Waals surface area contributed by atoms with E-state index in [1.807, 2.05) is 31.3 Å². The number of nitrogens with zero attached hydrogens (tertiary/aromatic N) is 3.